The predicted octanol–water partition coefficient (Wildman–Crippen LogP) is 2.29. The number of phenolic OH excluding ortho intramolecular Hbond substituents is 2. The molecule has 0 aliphatic heterocycles. The molecule has 88 valence electrons. The van der Waals surface area contributed by atoms with Crippen LogP contribution >= 0.6 is 0 Å². The molecule has 0 saturated carbocycles. The van der Waals surface area contributed by atoms with Crippen LogP contribution in [0.2, 0.25) is 0 Å². The van der Waals surface area contributed by atoms with Crippen molar-refractivity contribution in [3.05, 3.63) is 48.0 Å². The molecular formula is C13H14N2O2. The van der Waals surface area contributed by atoms with Gasteiger partial charge in [-0.2, -0.15) is 0 Å². The van der Waals surface area contributed by atoms with E-state index in [1.54, 1.807) is 24.3 Å². The summed E-state index contributed by atoms with van der Waals surface area (Å²) in [5, 5.41) is 22.1. The average molecular weight is 230 g/mol. The number of nitrogens with one attached hydrogen (secondary N) is 1. The zero-order valence-electron chi connectivity index (χ0n) is 9.22. The molecule has 0 atom stereocenters. The second kappa shape index (κ2) is 4.65. The van der Waals surface area contributed by atoms with Gasteiger partial charge in [0, 0.05) is 23.5 Å². The molecule has 2 aromatic rings. The fourth-order valence-electron chi connectivity index (χ4n) is 1.52. The van der Waals surface area contributed by atoms with E-state index in [9.17, 15) is 10.2 Å². The van der Waals surface area contributed by atoms with Crippen LogP contribution in [0.25, 0.3) is 0 Å². The normalized spacial score (nSPS) is 10.1. The predicted molar refractivity (Wildman–Crippen MR) is 68.0 cm³/mol. The molecule has 4 nitrogen and oxygen atoms in total. The average Bonchev–Trinajstić information content (AvgIpc) is 2.33. The van der Waals surface area contributed by atoms with E-state index >= 15 is 0 Å². The molecule has 2 aromatic carbocycles. The maximum absolute atomic E-state index is 9.61. The number of hydrogen-bond donors (Lipinski definition) is 4. The Hall–Kier alpha value is -2.36. The highest BCUT2D eigenvalue weighted by Gasteiger charge is 2.04. The largest absolute Gasteiger partial charge is 0.504 e. The van der Waals surface area contributed by atoms with Crippen LogP contribution in [0.5, 0.6) is 11.5 Å². The van der Waals surface area contributed by atoms with Crippen molar-refractivity contribution in [2.45, 2.75) is 6.54 Å². The van der Waals surface area contributed by atoms with Crippen LogP contribution in [0, 0.1) is 0 Å². The van der Waals surface area contributed by atoms with Gasteiger partial charge in [0.15, 0.2) is 11.5 Å². The fourth-order valence-corrected chi connectivity index (χ4v) is 1.52. The summed E-state index contributed by atoms with van der Waals surface area (Å²) >= 11 is 0. The molecule has 0 spiro atoms. The number of anilines is 2. The molecule has 0 aliphatic carbocycles. The number of phenols is 2. The summed E-state index contributed by atoms with van der Waals surface area (Å²) in [5.74, 6) is -0.197. The summed E-state index contributed by atoms with van der Waals surface area (Å²) in [6, 6.07) is 12.2. The summed E-state index contributed by atoms with van der Waals surface area (Å²) < 4.78 is 0. The van der Waals surface area contributed by atoms with Gasteiger partial charge < -0.3 is 21.3 Å². The van der Waals surface area contributed by atoms with Crippen LogP contribution in [0.1, 0.15) is 5.56 Å². The van der Waals surface area contributed by atoms with E-state index in [1.807, 2.05) is 12.1 Å². The highest BCUT2D eigenvalue weighted by molar-refractivity contribution is 5.52. The van der Waals surface area contributed by atoms with Crippen molar-refractivity contribution in [3.8, 4) is 11.5 Å². The Morgan fingerprint density at radius 3 is 2.41 bits per heavy atom. The van der Waals surface area contributed by atoms with E-state index in [1.165, 1.54) is 6.07 Å². The van der Waals surface area contributed by atoms with E-state index in [4.69, 9.17) is 5.73 Å². The quantitative estimate of drug-likeness (QED) is 0.482. The summed E-state index contributed by atoms with van der Waals surface area (Å²) in [6.45, 7) is 0.435. The van der Waals surface area contributed by atoms with Crippen LogP contribution in [-0.4, -0.2) is 10.2 Å². The van der Waals surface area contributed by atoms with Crippen molar-refractivity contribution in [1.29, 1.82) is 0 Å². The third-order valence-corrected chi connectivity index (χ3v) is 2.49. The van der Waals surface area contributed by atoms with Gasteiger partial charge in [0.25, 0.3) is 0 Å². The van der Waals surface area contributed by atoms with Crippen LogP contribution < -0.4 is 11.1 Å². The van der Waals surface area contributed by atoms with Gasteiger partial charge in [-0.15, -0.1) is 0 Å². The third kappa shape index (κ3) is 2.60. The smallest absolute Gasteiger partial charge is 0.162 e. The number of para-hydroxylation sites is 1. The highest BCUT2D eigenvalue weighted by atomic mass is 16.3. The maximum Gasteiger partial charge on any atom is 0.162 e. The third-order valence-electron chi connectivity index (χ3n) is 2.49. The number of aromatic hydroxyl groups is 2. The lowest BCUT2D eigenvalue weighted by molar-refractivity contribution is 0.400. The first-order valence-corrected chi connectivity index (χ1v) is 5.26. The van der Waals surface area contributed by atoms with Crippen molar-refractivity contribution in [3.63, 3.8) is 0 Å². The molecule has 4 heteroatoms. The molecular weight excluding hydrogens is 216 g/mol. The molecule has 0 aromatic heterocycles. The SMILES string of the molecule is Nc1ccc(NCc2cccc(O)c2O)cc1. The van der Waals surface area contributed by atoms with Crippen LogP contribution in [0.4, 0.5) is 11.4 Å². The first-order valence-electron chi connectivity index (χ1n) is 5.26. The minimum atomic E-state index is -0.110. The molecule has 0 saturated heterocycles. The van der Waals surface area contributed by atoms with Gasteiger partial charge >= 0.3 is 0 Å². The van der Waals surface area contributed by atoms with Crippen LogP contribution in [-0.2, 0) is 6.54 Å². The van der Waals surface area contributed by atoms with Crippen molar-refractivity contribution in [2.75, 3.05) is 11.1 Å². The van der Waals surface area contributed by atoms with Gasteiger partial charge in [0.1, 0.15) is 0 Å². The van der Waals surface area contributed by atoms with Gasteiger partial charge in [-0.3, -0.25) is 0 Å². The Bertz CT molecular complexity index is 509. The Labute approximate surface area is 99.3 Å². The second-order valence-electron chi connectivity index (χ2n) is 3.76. The molecule has 2 rings (SSSR count). The number of rotatable bonds is 3. The van der Waals surface area contributed by atoms with E-state index < -0.39 is 0 Å². The zero-order chi connectivity index (χ0) is 12.3. The van der Waals surface area contributed by atoms with E-state index in [2.05, 4.69) is 5.32 Å². The monoisotopic (exact) mass is 230 g/mol. The standard InChI is InChI=1S/C13H14N2O2/c14-10-4-6-11(7-5-10)15-8-9-2-1-3-12(16)13(9)17/h1-7,15-17H,8,14H2. The first kappa shape index (κ1) is 11.1. The van der Waals surface area contributed by atoms with Gasteiger partial charge in [0.2, 0.25) is 0 Å². The highest BCUT2D eigenvalue weighted by Crippen LogP contribution is 2.28. The Morgan fingerprint density at radius 1 is 1.00 bits per heavy atom. The Kier molecular flexibility index (Phi) is 3.05. The van der Waals surface area contributed by atoms with E-state index in [0.717, 1.165) is 5.69 Å². The molecule has 0 aliphatic rings. The minimum absolute atomic E-state index is 0.0876. The van der Waals surface area contributed by atoms with Crippen LogP contribution in [0.15, 0.2) is 42.5 Å². The van der Waals surface area contributed by atoms with Gasteiger partial charge in [0.05, 0.1) is 0 Å². The van der Waals surface area contributed by atoms with Crippen molar-refractivity contribution in [2.24, 2.45) is 0 Å². The van der Waals surface area contributed by atoms with Gasteiger partial charge in [-0.1, -0.05) is 12.1 Å². The summed E-state index contributed by atoms with van der Waals surface area (Å²) in [6.07, 6.45) is 0. The molecule has 0 radical (unpaired) electrons. The summed E-state index contributed by atoms with van der Waals surface area (Å²) in [5.41, 5.74) is 7.83. The molecule has 0 bridgehead atoms. The lowest BCUT2D eigenvalue weighted by atomic mass is 10.2. The summed E-state index contributed by atoms with van der Waals surface area (Å²) in [7, 11) is 0. The van der Waals surface area contributed by atoms with Crippen molar-refractivity contribution in [1.82, 2.24) is 0 Å². The topological polar surface area (TPSA) is 78.5 Å². The van der Waals surface area contributed by atoms with Gasteiger partial charge in [-0.25, -0.2) is 0 Å². The molecule has 17 heavy (non-hydrogen) atoms. The minimum Gasteiger partial charge on any atom is -0.504 e. The number of nitrogens with two attached hydrogens (primary N) is 1. The summed E-state index contributed by atoms with van der Waals surface area (Å²) in [4.78, 5) is 0. The first-order chi connectivity index (χ1) is 8.16. The van der Waals surface area contributed by atoms with Crippen LogP contribution in [0.3, 0.4) is 0 Å². The lowest BCUT2D eigenvalue weighted by Crippen LogP contribution is -1.99. The molecule has 0 unspecified atom stereocenters. The van der Waals surface area contributed by atoms with Crippen molar-refractivity contribution < 1.29 is 10.2 Å². The van der Waals surface area contributed by atoms with Crippen molar-refractivity contribution >= 4 is 11.4 Å². The molecule has 5 N–H and O–H groups in total. The molecule has 0 heterocycles. The number of benzene rings is 2. The lowest BCUT2D eigenvalue weighted by Gasteiger charge is -2.09. The Balaban J connectivity index is 2.07. The number of hydrogen-bond acceptors (Lipinski definition) is 4. The Morgan fingerprint density at radius 2 is 1.71 bits per heavy atom. The number of nitrogen functional groups attached to an aromatic ring is 1. The second-order valence-corrected chi connectivity index (χ2v) is 3.76. The van der Waals surface area contributed by atoms with Gasteiger partial charge in [-0.05, 0) is 30.3 Å². The maximum atomic E-state index is 9.61. The molecule has 0 fully saturated rings. The van der Waals surface area contributed by atoms with E-state index in [0.29, 0.717) is 17.8 Å². The molecule has 0 amide bonds. The fraction of sp³-hybridized carbons (Fsp3) is 0.0769. The zero-order valence-corrected chi connectivity index (χ0v) is 9.22. The van der Waals surface area contributed by atoms with E-state index in [-0.39, 0.29) is 11.5 Å².